The summed E-state index contributed by atoms with van der Waals surface area (Å²) in [5.74, 6) is 0.606. The van der Waals surface area contributed by atoms with Gasteiger partial charge in [-0.05, 0) is 31.2 Å². The molecule has 0 saturated heterocycles. The first-order valence-electron chi connectivity index (χ1n) is 7.54. The molecule has 126 valence electrons. The smallest absolute Gasteiger partial charge is 0.172 e. The zero-order chi connectivity index (χ0) is 17.8. The van der Waals surface area contributed by atoms with E-state index in [4.69, 9.17) is 16.0 Å². The lowest BCUT2D eigenvalue weighted by Gasteiger charge is -2.09. The number of hydrogen-bond acceptors (Lipinski definition) is 5. The zero-order valence-corrected chi connectivity index (χ0v) is 14.3. The third-order valence-corrected chi connectivity index (χ3v) is 3.77. The van der Waals surface area contributed by atoms with Crippen molar-refractivity contribution < 1.29 is 9.52 Å². The van der Waals surface area contributed by atoms with E-state index in [1.165, 1.54) is 6.07 Å². The van der Waals surface area contributed by atoms with Crippen LogP contribution >= 0.6 is 11.6 Å². The van der Waals surface area contributed by atoms with Crippen LogP contribution in [-0.4, -0.2) is 15.8 Å². The van der Waals surface area contributed by atoms with Crippen LogP contribution in [0.15, 0.2) is 71.0 Å². The van der Waals surface area contributed by atoms with Crippen molar-refractivity contribution in [1.82, 2.24) is 4.98 Å². The number of furan rings is 1. The lowest BCUT2D eigenvalue weighted by Crippen LogP contribution is -1.98. The third-order valence-electron chi connectivity index (χ3n) is 3.53. The number of benzene rings is 1. The van der Waals surface area contributed by atoms with Crippen molar-refractivity contribution in [2.45, 2.75) is 6.92 Å². The van der Waals surface area contributed by atoms with E-state index in [1.807, 2.05) is 13.0 Å². The Bertz CT molecular complexity index is 989. The van der Waals surface area contributed by atoms with Gasteiger partial charge in [0.1, 0.15) is 5.75 Å². The van der Waals surface area contributed by atoms with E-state index in [-0.39, 0.29) is 5.75 Å². The molecule has 3 rings (SSSR count). The van der Waals surface area contributed by atoms with E-state index < -0.39 is 0 Å². The van der Waals surface area contributed by atoms with Crippen molar-refractivity contribution in [2.75, 3.05) is 5.32 Å². The molecule has 0 aliphatic carbocycles. The Morgan fingerprint density at radius 1 is 1.40 bits per heavy atom. The van der Waals surface area contributed by atoms with Crippen LogP contribution in [0.4, 0.5) is 11.4 Å². The number of allylic oxidation sites excluding steroid dienone is 2. The van der Waals surface area contributed by atoms with Gasteiger partial charge in [0.05, 0.1) is 23.3 Å². The maximum Gasteiger partial charge on any atom is 0.172 e. The van der Waals surface area contributed by atoms with Gasteiger partial charge in [0.2, 0.25) is 0 Å². The van der Waals surface area contributed by atoms with Crippen LogP contribution in [-0.2, 0) is 0 Å². The maximum absolute atomic E-state index is 10.1. The lowest BCUT2D eigenvalue weighted by molar-refractivity contribution is 0.478. The molecule has 6 heteroatoms. The monoisotopic (exact) mass is 353 g/mol. The number of phenolic OH excluding ortho intramolecular Hbond substituents is 1. The zero-order valence-electron chi connectivity index (χ0n) is 13.5. The van der Waals surface area contributed by atoms with Crippen LogP contribution in [0.1, 0.15) is 12.7 Å². The summed E-state index contributed by atoms with van der Waals surface area (Å²) in [6.07, 6.45) is 8.32. The van der Waals surface area contributed by atoms with Crippen LogP contribution in [0.3, 0.4) is 0 Å². The first-order valence-corrected chi connectivity index (χ1v) is 7.92. The third kappa shape index (κ3) is 3.56. The molecule has 0 saturated carbocycles. The average molecular weight is 354 g/mol. The number of halogens is 1. The van der Waals surface area contributed by atoms with Gasteiger partial charge in [0, 0.05) is 28.9 Å². The van der Waals surface area contributed by atoms with E-state index in [9.17, 15) is 5.11 Å². The second kappa shape index (κ2) is 7.23. The van der Waals surface area contributed by atoms with Crippen molar-refractivity contribution >= 4 is 39.7 Å². The van der Waals surface area contributed by atoms with Gasteiger partial charge in [-0.2, -0.15) is 0 Å². The summed E-state index contributed by atoms with van der Waals surface area (Å²) in [6.45, 7) is 5.46. The molecule has 0 atom stereocenters. The number of hydrogen-bond donors (Lipinski definition) is 2. The first kappa shape index (κ1) is 16.8. The van der Waals surface area contributed by atoms with Crippen molar-refractivity contribution in [3.63, 3.8) is 0 Å². The van der Waals surface area contributed by atoms with Crippen molar-refractivity contribution in [2.24, 2.45) is 4.99 Å². The molecule has 25 heavy (non-hydrogen) atoms. The van der Waals surface area contributed by atoms with Gasteiger partial charge in [0.15, 0.2) is 11.3 Å². The minimum atomic E-state index is 0.0444. The molecule has 0 radical (unpaired) electrons. The Labute approximate surface area is 150 Å². The van der Waals surface area contributed by atoms with Gasteiger partial charge in [-0.25, -0.2) is 0 Å². The first-order chi connectivity index (χ1) is 12.1. The molecule has 0 fully saturated rings. The number of fused-ring (bicyclic) bond motifs is 1. The average Bonchev–Trinajstić information content (AvgIpc) is 2.96. The van der Waals surface area contributed by atoms with Gasteiger partial charge in [-0.1, -0.05) is 24.3 Å². The fourth-order valence-corrected chi connectivity index (χ4v) is 2.52. The van der Waals surface area contributed by atoms with E-state index in [2.05, 4.69) is 21.9 Å². The Balaban J connectivity index is 2.11. The number of rotatable bonds is 5. The molecular formula is C19H16ClN3O2. The maximum atomic E-state index is 10.1. The molecule has 2 heterocycles. The van der Waals surface area contributed by atoms with Gasteiger partial charge < -0.3 is 14.8 Å². The minimum absolute atomic E-state index is 0.0444. The number of pyridine rings is 1. The fourth-order valence-electron chi connectivity index (χ4n) is 2.35. The van der Waals surface area contributed by atoms with Gasteiger partial charge >= 0.3 is 0 Å². The SMILES string of the molecule is C=C/C=C\N=C(C)c1oc2cnccc2c1Nc1ccc(Cl)cc1O. The highest BCUT2D eigenvalue weighted by Gasteiger charge is 2.17. The summed E-state index contributed by atoms with van der Waals surface area (Å²) in [5, 5.41) is 14.6. The van der Waals surface area contributed by atoms with Gasteiger partial charge in [-0.15, -0.1) is 0 Å². The number of nitrogens with zero attached hydrogens (tertiary/aromatic N) is 2. The molecule has 0 aliphatic heterocycles. The van der Waals surface area contributed by atoms with E-state index in [0.717, 1.165) is 5.39 Å². The molecule has 2 aromatic heterocycles. The second-order valence-corrected chi connectivity index (χ2v) is 5.69. The summed E-state index contributed by atoms with van der Waals surface area (Å²) >= 11 is 5.90. The summed E-state index contributed by atoms with van der Waals surface area (Å²) < 4.78 is 5.90. The highest BCUT2D eigenvalue weighted by Crippen LogP contribution is 2.36. The van der Waals surface area contributed by atoms with Crippen molar-refractivity contribution in [3.8, 4) is 5.75 Å². The molecule has 0 spiro atoms. The molecule has 3 aromatic rings. The lowest BCUT2D eigenvalue weighted by atomic mass is 10.2. The molecule has 0 amide bonds. The molecule has 0 unspecified atom stereocenters. The highest BCUT2D eigenvalue weighted by atomic mass is 35.5. The normalized spacial score (nSPS) is 12.0. The molecule has 2 N–H and O–H groups in total. The molecular weight excluding hydrogens is 338 g/mol. The highest BCUT2D eigenvalue weighted by molar-refractivity contribution is 6.30. The molecule has 0 bridgehead atoms. The second-order valence-electron chi connectivity index (χ2n) is 5.26. The van der Waals surface area contributed by atoms with Crippen LogP contribution in [0, 0.1) is 0 Å². The number of aliphatic imine (C=N–C) groups is 1. The van der Waals surface area contributed by atoms with E-state index in [0.29, 0.717) is 33.5 Å². The number of phenols is 1. The number of aromatic nitrogens is 1. The van der Waals surface area contributed by atoms with Crippen LogP contribution in [0.5, 0.6) is 5.75 Å². The number of nitrogens with one attached hydrogen (secondary N) is 1. The van der Waals surface area contributed by atoms with E-state index >= 15 is 0 Å². The Kier molecular flexibility index (Phi) is 4.86. The number of aromatic hydroxyl groups is 1. The van der Waals surface area contributed by atoms with Gasteiger partial charge in [0.25, 0.3) is 0 Å². The standard InChI is InChI=1S/C19H16ClN3O2/c1-3-4-8-22-12(2)19-18(14-7-9-21-11-17(14)25-19)23-15-6-5-13(20)10-16(15)24/h3-11,23-24H,1H2,2H3/b8-4-,22-12?. The minimum Gasteiger partial charge on any atom is -0.506 e. The fraction of sp³-hybridized carbons (Fsp3) is 0.0526. The predicted molar refractivity (Wildman–Crippen MR) is 102 cm³/mol. The molecule has 0 aliphatic rings. The Morgan fingerprint density at radius 3 is 3.00 bits per heavy atom. The topological polar surface area (TPSA) is 70.7 Å². The largest absolute Gasteiger partial charge is 0.506 e. The van der Waals surface area contributed by atoms with E-state index in [1.54, 1.807) is 42.9 Å². The summed E-state index contributed by atoms with van der Waals surface area (Å²) in [5.41, 5.74) is 2.50. The predicted octanol–water partition coefficient (Wildman–Crippen LogP) is 5.44. The Hall–Kier alpha value is -3.05. The molecule has 1 aromatic carbocycles. The summed E-state index contributed by atoms with van der Waals surface area (Å²) in [6, 6.07) is 6.71. The van der Waals surface area contributed by atoms with Crippen LogP contribution in [0.25, 0.3) is 11.0 Å². The summed E-state index contributed by atoms with van der Waals surface area (Å²) in [7, 11) is 0. The summed E-state index contributed by atoms with van der Waals surface area (Å²) in [4.78, 5) is 8.43. The quantitative estimate of drug-likeness (QED) is 0.364. The number of anilines is 2. The Morgan fingerprint density at radius 2 is 2.24 bits per heavy atom. The molecule has 5 nitrogen and oxygen atoms in total. The van der Waals surface area contributed by atoms with Crippen LogP contribution in [0.2, 0.25) is 5.02 Å². The van der Waals surface area contributed by atoms with Crippen molar-refractivity contribution in [1.29, 1.82) is 0 Å². The van der Waals surface area contributed by atoms with Crippen molar-refractivity contribution in [3.05, 3.63) is 72.4 Å². The van der Waals surface area contributed by atoms with Crippen LogP contribution < -0.4 is 5.32 Å². The van der Waals surface area contributed by atoms with Gasteiger partial charge in [-0.3, -0.25) is 9.98 Å².